The molecule has 1 atom stereocenters. The van der Waals surface area contributed by atoms with Gasteiger partial charge >= 0.3 is 0 Å². The summed E-state index contributed by atoms with van der Waals surface area (Å²) in [7, 11) is 0. The minimum atomic E-state index is 0.394. The number of nitrogens with one attached hydrogen (secondary N) is 1. The van der Waals surface area contributed by atoms with Gasteiger partial charge in [-0.3, -0.25) is 4.90 Å². The highest BCUT2D eigenvalue weighted by Crippen LogP contribution is 2.33. The largest absolute Gasteiger partial charge is 0.308 e. The van der Waals surface area contributed by atoms with Crippen LogP contribution in [-0.4, -0.2) is 29.6 Å². The van der Waals surface area contributed by atoms with Gasteiger partial charge in [0.05, 0.1) is 0 Å². The molecule has 1 aliphatic heterocycles. The third kappa shape index (κ3) is 2.96. The van der Waals surface area contributed by atoms with Crippen molar-refractivity contribution in [2.24, 2.45) is 0 Å². The van der Waals surface area contributed by atoms with Gasteiger partial charge in [-0.1, -0.05) is 36.6 Å². The topological polar surface area (TPSA) is 15.3 Å². The summed E-state index contributed by atoms with van der Waals surface area (Å²) in [5, 5.41) is 4.65. The van der Waals surface area contributed by atoms with Crippen LogP contribution in [0.15, 0.2) is 24.3 Å². The second kappa shape index (κ2) is 5.43. The van der Waals surface area contributed by atoms with Crippen LogP contribution in [0.4, 0.5) is 0 Å². The van der Waals surface area contributed by atoms with E-state index in [0.717, 1.165) is 18.1 Å². The Morgan fingerprint density at radius 3 is 2.89 bits per heavy atom. The Morgan fingerprint density at radius 2 is 2.16 bits per heavy atom. The van der Waals surface area contributed by atoms with Crippen molar-refractivity contribution in [2.45, 2.75) is 50.7 Å². The summed E-state index contributed by atoms with van der Waals surface area (Å²) in [6, 6.07) is 8.88. The van der Waals surface area contributed by atoms with Crippen LogP contribution in [0.2, 0.25) is 5.02 Å². The lowest BCUT2D eigenvalue weighted by Gasteiger charge is -2.45. The fraction of sp³-hybridized carbons (Fsp3) is 0.625. The van der Waals surface area contributed by atoms with E-state index in [1.54, 1.807) is 0 Å². The predicted octanol–water partition coefficient (Wildman–Crippen LogP) is 3.45. The molecule has 19 heavy (non-hydrogen) atoms. The summed E-state index contributed by atoms with van der Waals surface area (Å²) in [6.45, 7) is 5.63. The molecular formula is C16H23ClN2. The van der Waals surface area contributed by atoms with Crippen LogP contribution in [0.5, 0.6) is 0 Å². The molecule has 1 aromatic carbocycles. The summed E-state index contributed by atoms with van der Waals surface area (Å²) in [5.74, 6) is 0. The van der Waals surface area contributed by atoms with Crippen LogP contribution in [0, 0.1) is 0 Å². The van der Waals surface area contributed by atoms with Gasteiger partial charge in [0.15, 0.2) is 0 Å². The smallest absolute Gasteiger partial charge is 0.0409 e. The molecule has 3 rings (SSSR count). The molecule has 1 heterocycles. The molecule has 1 saturated heterocycles. The Morgan fingerprint density at radius 1 is 1.37 bits per heavy atom. The molecule has 1 N–H and O–H groups in total. The van der Waals surface area contributed by atoms with Crippen molar-refractivity contribution in [3.8, 4) is 0 Å². The summed E-state index contributed by atoms with van der Waals surface area (Å²) in [5.41, 5.74) is 1.72. The summed E-state index contributed by atoms with van der Waals surface area (Å²) < 4.78 is 0. The number of rotatable bonds is 2. The maximum absolute atomic E-state index is 6.09. The number of benzene rings is 1. The fourth-order valence-corrected chi connectivity index (χ4v) is 3.77. The Hall–Kier alpha value is -0.570. The van der Waals surface area contributed by atoms with Gasteiger partial charge in [-0.25, -0.2) is 0 Å². The minimum absolute atomic E-state index is 0.394. The molecule has 1 spiro atoms. The molecule has 0 bridgehead atoms. The molecule has 3 heteroatoms. The van der Waals surface area contributed by atoms with E-state index in [0.29, 0.717) is 11.6 Å². The number of piperazine rings is 1. The Labute approximate surface area is 121 Å². The zero-order valence-electron chi connectivity index (χ0n) is 11.7. The average Bonchev–Trinajstić information content (AvgIpc) is 2.83. The summed E-state index contributed by atoms with van der Waals surface area (Å²) >= 11 is 6.09. The number of halogens is 1. The molecule has 2 nitrogen and oxygen atoms in total. The van der Waals surface area contributed by atoms with E-state index in [4.69, 9.17) is 11.6 Å². The van der Waals surface area contributed by atoms with Crippen LogP contribution < -0.4 is 5.32 Å². The molecule has 2 fully saturated rings. The highest BCUT2D eigenvalue weighted by Gasteiger charge is 2.39. The normalized spacial score (nSPS) is 26.9. The average molecular weight is 279 g/mol. The highest BCUT2D eigenvalue weighted by molar-refractivity contribution is 6.30. The van der Waals surface area contributed by atoms with Crippen molar-refractivity contribution >= 4 is 11.6 Å². The zero-order valence-corrected chi connectivity index (χ0v) is 12.4. The molecule has 0 radical (unpaired) electrons. The number of nitrogens with zero attached hydrogens (tertiary/aromatic N) is 1. The quantitative estimate of drug-likeness (QED) is 0.891. The van der Waals surface area contributed by atoms with E-state index >= 15 is 0 Å². The van der Waals surface area contributed by atoms with E-state index in [-0.39, 0.29) is 0 Å². The molecule has 1 aromatic rings. The lowest BCUT2D eigenvalue weighted by Crippen LogP contribution is -2.62. The SMILES string of the molecule is CC1CNC2(CCCC2)CN1Cc1cccc(Cl)c1. The van der Waals surface area contributed by atoms with Crippen LogP contribution in [0.1, 0.15) is 38.2 Å². The van der Waals surface area contributed by atoms with Crippen molar-refractivity contribution < 1.29 is 0 Å². The van der Waals surface area contributed by atoms with Crippen LogP contribution >= 0.6 is 11.6 Å². The van der Waals surface area contributed by atoms with E-state index in [1.807, 2.05) is 6.07 Å². The molecule has 104 valence electrons. The van der Waals surface area contributed by atoms with Gasteiger partial charge in [0.25, 0.3) is 0 Å². The third-order valence-corrected chi connectivity index (χ3v) is 4.97. The van der Waals surface area contributed by atoms with E-state index in [2.05, 4.69) is 35.3 Å². The standard InChI is InChI=1S/C16H23ClN2/c1-13-10-18-16(7-2-3-8-16)12-19(13)11-14-5-4-6-15(17)9-14/h4-6,9,13,18H,2-3,7-8,10-12H2,1H3. The Balaban J connectivity index is 1.71. The molecule has 1 saturated carbocycles. The van der Waals surface area contributed by atoms with Crippen molar-refractivity contribution in [1.82, 2.24) is 10.2 Å². The Kier molecular flexibility index (Phi) is 3.84. The third-order valence-electron chi connectivity index (χ3n) is 4.74. The van der Waals surface area contributed by atoms with Crippen molar-refractivity contribution in [2.75, 3.05) is 13.1 Å². The maximum atomic E-state index is 6.09. The molecule has 0 aromatic heterocycles. The zero-order chi connectivity index (χ0) is 13.3. The molecular weight excluding hydrogens is 256 g/mol. The monoisotopic (exact) mass is 278 g/mol. The highest BCUT2D eigenvalue weighted by atomic mass is 35.5. The predicted molar refractivity (Wildman–Crippen MR) is 80.5 cm³/mol. The van der Waals surface area contributed by atoms with E-state index < -0.39 is 0 Å². The fourth-order valence-electron chi connectivity index (χ4n) is 3.56. The van der Waals surface area contributed by atoms with Gasteiger partial charge in [-0.05, 0) is 37.5 Å². The Bertz CT molecular complexity index is 440. The maximum Gasteiger partial charge on any atom is 0.0409 e. The first-order valence-corrected chi connectivity index (χ1v) is 7.78. The minimum Gasteiger partial charge on any atom is -0.308 e. The van der Waals surface area contributed by atoms with Gasteiger partial charge in [-0.15, -0.1) is 0 Å². The molecule has 1 aliphatic carbocycles. The first-order chi connectivity index (χ1) is 9.17. The first kappa shape index (κ1) is 13.4. The van der Waals surface area contributed by atoms with E-state index in [1.165, 1.54) is 37.8 Å². The number of hydrogen-bond acceptors (Lipinski definition) is 2. The van der Waals surface area contributed by atoms with Gasteiger partial charge in [-0.2, -0.15) is 0 Å². The second-order valence-corrected chi connectivity index (χ2v) is 6.69. The van der Waals surface area contributed by atoms with Crippen LogP contribution in [0.3, 0.4) is 0 Å². The lowest BCUT2D eigenvalue weighted by atomic mass is 9.92. The van der Waals surface area contributed by atoms with Crippen molar-refractivity contribution in [3.05, 3.63) is 34.9 Å². The van der Waals surface area contributed by atoms with Crippen LogP contribution in [-0.2, 0) is 6.54 Å². The lowest BCUT2D eigenvalue weighted by molar-refractivity contribution is 0.0827. The van der Waals surface area contributed by atoms with Crippen molar-refractivity contribution in [3.63, 3.8) is 0 Å². The number of hydrogen-bond donors (Lipinski definition) is 1. The molecule has 2 aliphatic rings. The van der Waals surface area contributed by atoms with Crippen molar-refractivity contribution in [1.29, 1.82) is 0 Å². The van der Waals surface area contributed by atoms with Gasteiger partial charge < -0.3 is 5.32 Å². The molecule has 1 unspecified atom stereocenters. The summed E-state index contributed by atoms with van der Waals surface area (Å²) in [6.07, 6.45) is 5.44. The van der Waals surface area contributed by atoms with Crippen LogP contribution in [0.25, 0.3) is 0 Å². The molecule has 0 amide bonds. The second-order valence-electron chi connectivity index (χ2n) is 6.25. The first-order valence-electron chi connectivity index (χ1n) is 7.40. The summed E-state index contributed by atoms with van der Waals surface area (Å²) in [4.78, 5) is 2.62. The van der Waals surface area contributed by atoms with Gasteiger partial charge in [0.1, 0.15) is 0 Å². The van der Waals surface area contributed by atoms with Gasteiger partial charge in [0, 0.05) is 36.2 Å². The van der Waals surface area contributed by atoms with E-state index in [9.17, 15) is 0 Å². The van der Waals surface area contributed by atoms with Gasteiger partial charge in [0.2, 0.25) is 0 Å².